The SMILES string of the molecule is CC(C)(C)OC(=O)NC(C/C=C\CC1CCCCC(N)=N1)C(=O)OCc1ccccc1. The zero-order valence-corrected chi connectivity index (χ0v) is 18.8. The van der Waals surface area contributed by atoms with Crippen molar-refractivity contribution in [1.82, 2.24) is 5.32 Å². The molecule has 7 nitrogen and oxygen atoms in total. The topological polar surface area (TPSA) is 103 Å². The van der Waals surface area contributed by atoms with E-state index in [1.807, 2.05) is 42.5 Å². The molecule has 0 radical (unpaired) electrons. The molecule has 0 spiro atoms. The second-order valence-electron chi connectivity index (χ2n) is 8.75. The number of benzene rings is 1. The van der Waals surface area contributed by atoms with E-state index < -0.39 is 23.7 Å². The van der Waals surface area contributed by atoms with Crippen LogP contribution in [0.1, 0.15) is 64.9 Å². The lowest BCUT2D eigenvalue weighted by Crippen LogP contribution is -2.44. The van der Waals surface area contributed by atoms with Gasteiger partial charge in [0.1, 0.15) is 18.2 Å². The normalized spacial score (nSPS) is 18.0. The average Bonchev–Trinajstić information content (AvgIpc) is 2.91. The summed E-state index contributed by atoms with van der Waals surface area (Å²) in [6.07, 6.45) is 8.31. The number of nitrogens with two attached hydrogens (primary N) is 1. The van der Waals surface area contributed by atoms with E-state index in [9.17, 15) is 9.59 Å². The van der Waals surface area contributed by atoms with Gasteiger partial charge in [-0.15, -0.1) is 0 Å². The van der Waals surface area contributed by atoms with Crippen molar-refractivity contribution in [2.45, 2.75) is 83.6 Å². The van der Waals surface area contributed by atoms with Gasteiger partial charge in [-0.25, -0.2) is 9.59 Å². The number of amidine groups is 1. The summed E-state index contributed by atoms with van der Waals surface area (Å²) in [6, 6.07) is 8.74. The summed E-state index contributed by atoms with van der Waals surface area (Å²) in [5.41, 5.74) is 6.13. The molecule has 0 fully saturated rings. The second kappa shape index (κ2) is 12.1. The quantitative estimate of drug-likeness (QED) is 0.475. The van der Waals surface area contributed by atoms with Crippen LogP contribution in [0.3, 0.4) is 0 Å². The first-order chi connectivity index (χ1) is 14.7. The molecule has 1 amide bonds. The Morgan fingerprint density at radius 1 is 1.23 bits per heavy atom. The van der Waals surface area contributed by atoms with Crippen LogP contribution >= 0.6 is 0 Å². The first-order valence-electron chi connectivity index (χ1n) is 10.9. The van der Waals surface area contributed by atoms with Gasteiger partial charge in [0.05, 0.1) is 11.9 Å². The Kier molecular flexibility index (Phi) is 9.56. The average molecular weight is 430 g/mol. The van der Waals surface area contributed by atoms with Gasteiger partial charge in [0.2, 0.25) is 0 Å². The van der Waals surface area contributed by atoms with Crippen LogP contribution in [0, 0.1) is 0 Å². The predicted molar refractivity (Wildman–Crippen MR) is 122 cm³/mol. The maximum absolute atomic E-state index is 12.6. The highest BCUT2D eigenvalue weighted by Gasteiger charge is 2.24. The monoisotopic (exact) mass is 429 g/mol. The number of ether oxygens (including phenoxy) is 2. The Morgan fingerprint density at radius 2 is 1.97 bits per heavy atom. The number of rotatable bonds is 8. The van der Waals surface area contributed by atoms with Crippen molar-refractivity contribution in [3.05, 3.63) is 48.0 Å². The molecule has 1 aliphatic rings. The Balaban J connectivity index is 1.94. The van der Waals surface area contributed by atoms with Crippen LogP contribution in [-0.2, 0) is 20.9 Å². The fourth-order valence-corrected chi connectivity index (χ4v) is 3.20. The molecule has 1 aliphatic heterocycles. The smallest absolute Gasteiger partial charge is 0.408 e. The maximum Gasteiger partial charge on any atom is 0.408 e. The Labute approximate surface area is 185 Å². The molecule has 3 N–H and O–H groups in total. The minimum Gasteiger partial charge on any atom is -0.459 e. The third-order valence-corrected chi connectivity index (χ3v) is 4.71. The molecule has 0 aromatic heterocycles. The molecule has 7 heteroatoms. The van der Waals surface area contributed by atoms with Crippen molar-refractivity contribution in [3.8, 4) is 0 Å². The summed E-state index contributed by atoms with van der Waals surface area (Å²) in [5.74, 6) is 0.209. The molecule has 1 aromatic carbocycles. The largest absolute Gasteiger partial charge is 0.459 e. The van der Waals surface area contributed by atoms with E-state index in [-0.39, 0.29) is 12.6 Å². The zero-order chi connectivity index (χ0) is 22.7. The van der Waals surface area contributed by atoms with Crippen molar-refractivity contribution in [3.63, 3.8) is 0 Å². The molecule has 31 heavy (non-hydrogen) atoms. The number of nitrogens with one attached hydrogen (secondary N) is 1. The molecular weight excluding hydrogens is 394 g/mol. The number of hydrogen-bond acceptors (Lipinski definition) is 6. The van der Waals surface area contributed by atoms with Crippen LogP contribution in [0.15, 0.2) is 47.5 Å². The number of aliphatic imine (C=N–C) groups is 1. The van der Waals surface area contributed by atoms with Crippen molar-refractivity contribution in [1.29, 1.82) is 0 Å². The number of nitrogens with zero attached hydrogens (tertiary/aromatic N) is 1. The van der Waals surface area contributed by atoms with E-state index in [0.717, 1.165) is 37.7 Å². The summed E-state index contributed by atoms with van der Waals surface area (Å²) < 4.78 is 10.7. The first-order valence-corrected chi connectivity index (χ1v) is 10.9. The van der Waals surface area contributed by atoms with E-state index >= 15 is 0 Å². The lowest BCUT2D eigenvalue weighted by atomic mass is 10.1. The van der Waals surface area contributed by atoms with E-state index in [4.69, 9.17) is 15.2 Å². The van der Waals surface area contributed by atoms with Gasteiger partial charge in [-0.2, -0.15) is 0 Å². The fraction of sp³-hybridized carbons (Fsp3) is 0.542. The van der Waals surface area contributed by atoms with Crippen LogP contribution in [-0.4, -0.2) is 35.6 Å². The van der Waals surface area contributed by atoms with Gasteiger partial charge in [0.25, 0.3) is 0 Å². The minimum atomic E-state index is -0.836. The van der Waals surface area contributed by atoms with Crippen molar-refractivity contribution >= 4 is 17.9 Å². The Morgan fingerprint density at radius 3 is 2.68 bits per heavy atom. The Hall–Kier alpha value is -2.83. The number of amides is 1. The van der Waals surface area contributed by atoms with Gasteiger partial charge in [0.15, 0.2) is 0 Å². The molecule has 0 saturated heterocycles. The van der Waals surface area contributed by atoms with Crippen LogP contribution in [0.5, 0.6) is 0 Å². The number of hydrogen-bond donors (Lipinski definition) is 2. The van der Waals surface area contributed by atoms with Gasteiger partial charge in [0, 0.05) is 6.42 Å². The summed E-state index contributed by atoms with van der Waals surface area (Å²) in [4.78, 5) is 29.4. The van der Waals surface area contributed by atoms with E-state index in [2.05, 4.69) is 10.3 Å². The number of carbonyl (C=O) groups is 2. The van der Waals surface area contributed by atoms with E-state index in [0.29, 0.717) is 12.3 Å². The first kappa shape index (κ1) is 24.4. The van der Waals surface area contributed by atoms with Crippen molar-refractivity contribution in [2.24, 2.45) is 10.7 Å². The maximum atomic E-state index is 12.6. The molecule has 0 bridgehead atoms. The fourth-order valence-electron chi connectivity index (χ4n) is 3.20. The van der Waals surface area contributed by atoms with Crippen LogP contribution in [0.2, 0.25) is 0 Å². The molecule has 2 unspecified atom stereocenters. The highest BCUT2D eigenvalue weighted by Crippen LogP contribution is 2.16. The van der Waals surface area contributed by atoms with E-state index in [1.54, 1.807) is 20.8 Å². The molecule has 2 rings (SSSR count). The zero-order valence-electron chi connectivity index (χ0n) is 18.8. The molecule has 0 aliphatic carbocycles. The summed E-state index contributed by atoms with van der Waals surface area (Å²) in [6.45, 7) is 5.46. The van der Waals surface area contributed by atoms with Gasteiger partial charge in [-0.3, -0.25) is 4.99 Å². The van der Waals surface area contributed by atoms with Gasteiger partial charge in [-0.1, -0.05) is 48.9 Å². The highest BCUT2D eigenvalue weighted by atomic mass is 16.6. The molecule has 1 aromatic rings. The lowest BCUT2D eigenvalue weighted by molar-refractivity contribution is -0.147. The second-order valence-corrected chi connectivity index (χ2v) is 8.75. The molecule has 0 saturated carbocycles. The standard InChI is InChI=1S/C24H35N3O4/c1-24(2,3)31-23(29)27-20(22(28)30-17-18-11-5-4-6-12-18)15-9-7-13-19-14-8-10-16-21(25)26-19/h4-7,9,11-12,19-20H,8,10,13-17H2,1-3H3,(H2,25,26)(H,27,29)/b9-7-. The van der Waals surface area contributed by atoms with Crippen LogP contribution in [0.25, 0.3) is 0 Å². The lowest BCUT2D eigenvalue weighted by Gasteiger charge is -2.22. The highest BCUT2D eigenvalue weighted by molar-refractivity contribution is 5.81. The van der Waals surface area contributed by atoms with Crippen LogP contribution in [0.4, 0.5) is 4.79 Å². The summed E-state index contributed by atoms with van der Waals surface area (Å²) in [5, 5.41) is 2.63. The Bertz CT molecular complexity index is 769. The van der Waals surface area contributed by atoms with Crippen LogP contribution < -0.4 is 11.1 Å². The van der Waals surface area contributed by atoms with Crippen molar-refractivity contribution in [2.75, 3.05) is 0 Å². The molecule has 170 valence electrons. The number of alkyl carbamates (subject to hydrolysis) is 1. The van der Waals surface area contributed by atoms with Gasteiger partial charge in [-0.05, 0) is 52.0 Å². The van der Waals surface area contributed by atoms with Gasteiger partial charge < -0.3 is 20.5 Å². The molecule has 1 heterocycles. The van der Waals surface area contributed by atoms with E-state index in [1.165, 1.54) is 0 Å². The summed E-state index contributed by atoms with van der Waals surface area (Å²) >= 11 is 0. The number of carbonyl (C=O) groups excluding carboxylic acids is 2. The summed E-state index contributed by atoms with van der Waals surface area (Å²) in [7, 11) is 0. The molecular formula is C24H35N3O4. The predicted octanol–water partition coefficient (Wildman–Crippen LogP) is 4.26. The third kappa shape index (κ3) is 10.2. The minimum absolute atomic E-state index is 0.145. The van der Waals surface area contributed by atoms with Crippen molar-refractivity contribution < 1.29 is 19.1 Å². The van der Waals surface area contributed by atoms with Gasteiger partial charge >= 0.3 is 12.1 Å². The third-order valence-electron chi connectivity index (χ3n) is 4.71. The molecule has 2 atom stereocenters. The number of esters is 1.